The molecule has 0 aliphatic carbocycles. The molecule has 0 amide bonds. The van der Waals surface area contributed by atoms with Crippen LogP contribution in [0, 0.1) is 6.92 Å². The Morgan fingerprint density at radius 3 is 2.86 bits per heavy atom. The number of hydrogen-bond acceptors (Lipinski definition) is 8. The minimum absolute atomic E-state index is 0.00147. The molecule has 1 unspecified atom stereocenters. The van der Waals surface area contributed by atoms with E-state index >= 15 is 0 Å². The average molecular weight is 394 g/mol. The monoisotopic (exact) mass is 394 g/mol. The fourth-order valence-corrected chi connectivity index (χ4v) is 3.93. The summed E-state index contributed by atoms with van der Waals surface area (Å²) in [5.41, 5.74) is 2.19. The Balaban J connectivity index is 1.38. The summed E-state index contributed by atoms with van der Waals surface area (Å²) in [5.74, 6) is 0.898. The fraction of sp³-hybridized carbons (Fsp3) is 0.368. The predicted octanol–water partition coefficient (Wildman–Crippen LogP) is 1.77. The van der Waals surface area contributed by atoms with Crippen molar-refractivity contribution < 1.29 is 9.50 Å². The van der Waals surface area contributed by atoms with Crippen molar-refractivity contribution in [3.8, 4) is 22.7 Å². The Bertz CT molecular complexity index is 1080. The van der Waals surface area contributed by atoms with E-state index in [9.17, 15) is 9.50 Å². The molecule has 2 aliphatic heterocycles. The van der Waals surface area contributed by atoms with Crippen LogP contribution in [-0.2, 0) is 0 Å². The Labute approximate surface area is 165 Å². The number of nitrogens with zero attached hydrogens (tertiary/aromatic N) is 7. The summed E-state index contributed by atoms with van der Waals surface area (Å²) in [6, 6.07) is 5.18. The van der Waals surface area contributed by atoms with Gasteiger partial charge >= 0.3 is 0 Å². The zero-order valence-corrected chi connectivity index (χ0v) is 15.7. The molecule has 0 saturated carbocycles. The van der Waals surface area contributed by atoms with Crippen molar-refractivity contribution in [1.29, 1.82) is 0 Å². The fourth-order valence-electron chi connectivity index (χ4n) is 3.93. The second kappa shape index (κ2) is 6.96. The average Bonchev–Trinajstić information content (AvgIpc) is 3.33. The van der Waals surface area contributed by atoms with Crippen LogP contribution < -0.4 is 5.32 Å². The van der Waals surface area contributed by atoms with Crippen molar-refractivity contribution in [3.05, 3.63) is 41.6 Å². The van der Waals surface area contributed by atoms with E-state index in [1.54, 1.807) is 25.1 Å². The second-order valence-electron chi connectivity index (χ2n) is 7.40. The molecule has 2 aromatic heterocycles. The number of rotatable bonds is 3. The first-order valence-corrected chi connectivity index (χ1v) is 9.47. The largest absolute Gasteiger partial charge is 0.507 e. The number of piperidine rings is 1. The van der Waals surface area contributed by atoms with Crippen molar-refractivity contribution in [2.24, 2.45) is 0 Å². The summed E-state index contributed by atoms with van der Waals surface area (Å²) in [4.78, 5) is 5.62. The smallest absolute Gasteiger partial charge is 0.174 e. The molecule has 4 heterocycles. The molecule has 0 radical (unpaired) electrons. The van der Waals surface area contributed by atoms with Crippen molar-refractivity contribution in [2.45, 2.75) is 44.4 Å². The van der Waals surface area contributed by atoms with Crippen LogP contribution in [0.25, 0.3) is 23.0 Å². The maximum atomic E-state index is 14.5. The molecule has 3 aromatic rings. The molecule has 10 heteroatoms. The molecular weight excluding hydrogens is 375 g/mol. The number of halogens is 1. The minimum Gasteiger partial charge on any atom is -0.507 e. The third kappa shape index (κ3) is 3.35. The summed E-state index contributed by atoms with van der Waals surface area (Å²) < 4.78 is 14.5. The molecule has 2 bridgehead atoms. The SMILES string of the molecule is Cc1nnn(-c2ccc(-c3cnc(/C=C4\CC5CC[C@H](N5)[C@H]4F)nn3)c(O)c2)n1. The van der Waals surface area contributed by atoms with Gasteiger partial charge in [0.1, 0.15) is 17.6 Å². The van der Waals surface area contributed by atoms with E-state index in [1.807, 2.05) is 0 Å². The Morgan fingerprint density at radius 2 is 2.14 bits per heavy atom. The van der Waals surface area contributed by atoms with Gasteiger partial charge in [-0.05, 0) is 55.2 Å². The number of nitrogens with one attached hydrogen (secondary N) is 1. The van der Waals surface area contributed by atoms with E-state index in [-0.39, 0.29) is 11.8 Å². The number of alkyl halides is 1. The number of fused-ring (bicyclic) bond motifs is 2. The number of hydrogen-bond donors (Lipinski definition) is 2. The van der Waals surface area contributed by atoms with Crippen molar-refractivity contribution in [3.63, 3.8) is 0 Å². The summed E-state index contributed by atoms with van der Waals surface area (Å²) in [5, 5.41) is 33.8. The Hall–Kier alpha value is -3.27. The molecule has 148 valence electrons. The van der Waals surface area contributed by atoms with Gasteiger partial charge in [-0.15, -0.1) is 25.2 Å². The standard InChI is InChI=1S/C19H19FN8O/c1-10-23-27-28(26-10)13-3-4-14(17(29)8-13)16-9-21-18(25-24-16)7-11-6-12-2-5-15(22-12)19(11)20/h3-4,7-9,12,15,19,22,29H,2,5-6H2,1H3/b11-7+/t12?,15-,19-/m0/s1. The van der Waals surface area contributed by atoms with Crippen LogP contribution in [0.5, 0.6) is 5.75 Å². The molecule has 2 N–H and O–H groups in total. The molecule has 9 nitrogen and oxygen atoms in total. The first-order chi connectivity index (χ1) is 14.1. The number of aromatic nitrogens is 7. The first-order valence-electron chi connectivity index (χ1n) is 9.47. The third-order valence-electron chi connectivity index (χ3n) is 5.36. The van der Waals surface area contributed by atoms with E-state index in [4.69, 9.17) is 0 Å². The van der Waals surface area contributed by atoms with Crippen LogP contribution in [0.2, 0.25) is 0 Å². The summed E-state index contributed by atoms with van der Waals surface area (Å²) >= 11 is 0. The zero-order valence-electron chi connectivity index (χ0n) is 15.7. The molecule has 2 aliphatic rings. The Morgan fingerprint density at radius 1 is 1.24 bits per heavy atom. The second-order valence-corrected chi connectivity index (χ2v) is 7.40. The van der Waals surface area contributed by atoms with Gasteiger partial charge in [0.2, 0.25) is 0 Å². The van der Waals surface area contributed by atoms with Crippen LogP contribution in [-0.4, -0.2) is 58.8 Å². The lowest BCUT2D eigenvalue weighted by Gasteiger charge is -2.27. The normalized spacial score (nSPS) is 24.9. The molecule has 5 rings (SSSR count). The lowest BCUT2D eigenvalue weighted by Crippen LogP contribution is -2.42. The van der Waals surface area contributed by atoms with Gasteiger partial charge in [-0.1, -0.05) is 0 Å². The van der Waals surface area contributed by atoms with Crippen LogP contribution in [0.15, 0.2) is 30.0 Å². The molecule has 2 saturated heterocycles. The van der Waals surface area contributed by atoms with Gasteiger partial charge in [-0.2, -0.15) is 0 Å². The van der Waals surface area contributed by atoms with Gasteiger partial charge in [-0.25, -0.2) is 9.37 Å². The maximum absolute atomic E-state index is 14.5. The van der Waals surface area contributed by atoms with Crippen molar-refractivity contribution in [2.75, 3.05) is 0 Å². The molecule has 3 atom stereocenters. The van der Waals surface area contributed by atoms with E-state index in [0.29, 0.717) is 46.6 Å². The predicted molar refractivity (Wildman–Crippen MR) is 102 cm³/mol. The third-order valence-corrected chi connectivity index (χ3v) is 5.36. The van der Waals surface area contributed by atoms with Gasteiger partial charge in [0.15, 0.2) is 11.6 Å². The van der Waals surface area contributed by atoms with Crippen LogP contribution in [0.1, 0.15) is 30.9 Å². The van der Waals surface area contributed by atoms with E-state index < -0.39 is 6.17 Å². The quantitative estimate of drug-likeness (QED) is 0.691. The highest BCUT2D eigenvalue weighted by Crippen LogP contribution is 2.34. The van der Waals surface area contributed by atoms with Gasteiger partial charge in [0.25, 0.3) is 0 Å². The number of tetrazole rings is 1. The minimum atomic E-state index is -1.01. The number of aromatic hydroxyl groups is 1. The number of phenolic OH excluding ortho intramolecular Hbond substituents is 1. The molecule has 1 aromatic carbocycles. The van der Waals surface area contributed by atoms with E-state index in [2.05, 4.69) is 35.9 Å². The number of phenols is 1. The van der Waals surface area contributed by atoms with E-state index in [0.717, 1.165) is 12.8 Å². The molecular formula is C19H19FN8O. The molecule has 0 spiro atoms. The summed E-state index contributed by atoms with van der Waals surface area (Å²) in [6.45, 7) is 1.73. The van der Waals surface area contributed by atoms with Crippen LogP contribution in [0.4, 0.5) is 4.39 Å². The number of aryl methyl sites for hydroxylation is 1. The first kappa shape index (κ1) is 17.8. The van der Waals surface area contributed by atoms with E-state index in [1.165, 1.54) is 17.1 Å². The van der Waals surface area contributed by atoms with Gasteiger partial charge in [0, 0.05) is 23.7 Å². The van der Waals surface area contributed by atoms with Crippen LogP contribution >= 0.6 is 0 Å². The van der Waals surface area contributed by atoms with Crippen molar-refractivity contribution >= 4 is 6.08 Å². The summed E-state index contributed by atoms with van der Waals surface area (Å²) in [7, 11) is 0. The lowest BCUT2D eigenvalue weighted by molar-refractivity contribution is 0.270. The van der Waals surface area contributed by atoms with Crippen molar-refractivity contribution in [1.82, 2.24) is 40.7 Å². The molecule has 2 fully saturated rings. The lowest BCUT2D eigenvalue weighted by atomic mass is 9.96. The van der Waals surface area contributed by atoms with Gasteiger partial charge in [0.05, 0.1) is 11.9 Å². The topological polar surface area (TPSA) is 115 Å². The van der Waals surface area contributed by atoms with Crippen LogP contribution in [0.3, 0.4) is 0 Å². The zero-order chi connectivity index (χ0) is 20.0. The Kier molecular flexibility index (Phi) is 4.27. The van der Waals surface area contributed by atoms with Gasteiger partial charge < -0.3 is 10.4 Å². The highest BCUT2D eigenvalue weighted by atomic mass is 19.1. The maximum Gasteiger partial charge on any atom is 0.174 e. The highest BCUT2D eigenvalue weighted by Gasteiger charge is 2.38. The summed E-state index contributed by atoms with van der Waals surface area (Å²) in [6.07, 6.45) is 4.73. The van der Waals surface area contributed by atoms with Gasteiger partial charge in [-0.3, -0.25) is 0 Å². The highest BCUT2D eigenvalue weighted by molar-refractivity contribution is 5.68. The molecule has 29 heavy (non-hydrogen) atoms. The number of benzene rings is 1.